The quantitative estimate of drug-likeness (QED) is 0.389. The standard InChI is InChI=1S/C34H42N2O/c1-33(2)28-16-8-12-25-14-11-21-36(32(25)28)30(33)18-10-15-27-24-35-22-19-26-13-9-17-29(31(26)35)34(27,3)20-6-4-5-7-23-37/h8-10,12-13,15-18,24,37H,4-7,11,14,19-23H2,1-3H3/b15-10+,30-18+. The van der Waals surface area contributed by atoms with Crippen LogP contribution in [0.1, 0.15) is 81.5 Å². The van der Waals surface area contributed by atoms with E-state index in [2.05, 4.69) is 91.4 Å². The van der Waals surface area contributed by atoms with Crippen molar-refractivity contribution in [3.63, 3.8) is 0 Å². The Kier molecular flexibility index (Phi) is 6.31. The maximum Gasteiger partial charge on any atom is 0.0483 e. The molecule has 4 heterocycles. The highest BCUT2D eigenvalue weighted by Gasteiger charge is 2.42. The summed E-state index contributed by atoms with van der Waals surface area (Å²) in [4.78, 5) is 5.09. The molecular formula is C34H42N2O. The molecule has 37 heavy (non-hydrogen) atoms. The van der Waals surface area contributed by atoms with Crippen LogP contribution in [0.5, 0.6) is 0 Å². The lowest BCUT2D eigenvalue weighted by atomic mass is 9.69. The van der Waals surface area contributed by atoms with Crippen molar-refractivity contribution in [3.05, 3.63) is 94.4 Å². The Balaban J connectivity index is 1.33. The maximum absolute atomic E-state index is 9.21. The normalized spacial score (nSPS) is 24.1. The fraction of sp³-hybridized carbons (Fsp3) is 0.471. The number of benzene rings is 2. The Morgan fingerprint density at radius 3 is 2.43 bits per heavy atom. The average Bonchev–Trinajstić information content (AvgIpc) is 3.41. The summed E-state index contributed by atoms with van der Waals surface area (Å²) >= 11 is 0. The van der Waals surface area contributed by atoms with Gasteiger partial charge in [0.2, 0.25) is 0 Å². The van der Waals surface area contributed by atoms with Crippen LogP contribution >= 0.6 is 0 Å². The second-order valence-electron chi connectivity index (χ2n) is 12.2. The number of para-hydroxylation sites is 2. The number of aliphatic hydroxyl groups is 1. The first-order valence-corrected chi connectivity index (χ1v) is 14.5. The minimum atomic E-state index is 0.00680. The molecule has 2 aromatic rings. The van der Waals surface area contributed by atoms with E-state index >= 15 is 0 Å². The SMILES string of the molecule is CC1(CCCCCCO)C(/C=C/C=C2/N3CCCc4cccc(c43)C2(C)C)=CN2CCc3cccc1c32. The summed E-state index contributed by atoms with van der Waals surface area (Å²) in [6.07, 6.45) is 18.7. The summed E-state index contributed by atoms with van der Waals surface area (Å²) in [5.41, 5.74) is 11.8. The highest BCUT2D eigenvalue weighted by molar-refractivity contribution is 5.75. The largest absolute Gasteiger partial charge is 0.396 e. The van der Waals surface area contributed by atoms with Gasteiger partial charge in [-0.2, -0.15) is 0 Å². The Hall–Kier alpha value is -2.78. The Bertz CT molecular complexity index is 1280. The molecule has 1 atom stereocenters. The van der Waals surface area contributed by atoms with Gasteiger partial charge in [-0.25, -0.2) is 0 Å². The van der Waals surface area contributed by atoms with Crippen molar-refractivity contribution in [1.82, 2.24) is 0 Å². The highest BCUT2D eigenvalue weighted by Crippen LogP contribution is 2.52. The van der Waals surface area contributed by atoms with Crippen molar-refractivity contribution in [1.29, 1.82) is 0 Å². The van der Waals surface area contributed by atoms with Gasteiger partial charge in [0, 0.05) is 53.8 Å². The lowest BCUT2D eigenvalue weighted by molar-refractivity contribution is 0.281. The van der Waals surface area contributed by atoms with Crippen molar-refractivity contribution in [2.24, 2.45) is 0 Å². The van der Waals surface area contributed by atoms with E-state index in [0.717, 1.165) is 38.8 Å². The van der Waals surface area contributed by atoms with Crippen LogP contribution in [0, 0.1) is 0 Å². The van der Waals surface area contributed by atoms with Crippen LogP contribution in [0.4, 0.5) is 11.4 Å². The molecule has 0 amide bonds. The van der Waals surface area contributed by atoms with E-state index in [1.54, 1.807) is 0 Å². The maximum atomic E-state index is 9.21. The topological polar surface area (TPSA) is 26.7 Å². The fourth-order valence-electron chi connectivity index (χ4n) is 7.39. The molecule has 1 unspecified atom stereocenters. The van der Waals surface area contributed by atoms with E-state index in [1.807, 2.05) is 0 Å². The molecule has 0 bridgehead atoms. The predicted molar refractivity (Wildman–Crippen MR) is 155 cm³/mol. The average molecular weight is 495 g/mol. The monoisotopic (exact) mass is 494 g/mol. The van der Waals surface area contributed by atoms with Crippen molar-refractivity contribution >= 4 is 11.4 Å². The number of hydrogen-bond acceptors (Lipinski definition) is 3. The van der Waals surface area contributed by atoms with E-state index in [-0.39, 0.29) is 10.8 Å². The number of aryl methyl sites for hydroxylation is 1. The van der Waals surface area contributed by atoms with Gasteiger partial charge in [0.25, 0.3) is 0 Å². The number of hydrogen-bond donors (Lipinski definition) is 1. The first kappa shape index (κ1) is 24.6. The zero-order chi connectivity index (χ0) is 25.6. The predicted octanol–water partition coefficient (Wildman–Crippen LogP) is 7.33. The van der Waals surface area contributed by atoms with E-state index in [1.165, 1.54) is 70.6 Å². The van der Waals surface area contributed by atoms with Crippen LogP contribution in [-0.4, -0.2) is 24.8 Å². The molecule has 0 aliphatic carbocycles. The molecule has 3 heteroatoms. The molecule has 194 valence electrons. The van der Waals surface area contributed by atoms with E-state index < -0.39 is 0 Å². The van der Waals surface area contributed by atoms with Crippen LogP contribution in [-0.2, 0) is 23.7 Å². The van der Waals surface area contributed by atoms with Crippen LogP contribution in [0.3, 0.4) is 0 Å². The molecule has 0 saturated heterocycles. The molecule has 1 N–H and O–H groups in total. The van der Waals surface area contributed by atoms with Crippen LogP contribution in [0.2, 0.25) is 0 Å². The molecule has 4 aliphatic heterocycles. The van der Waals surface area contributed by atoms with Crippen molar-refractivity contribution in [2.45, 2.75) is 83.0 Å². The van der Waals surface area contributed by atoms with Crippen LogP contribution in [0.15, 0.2) is 72.1 Å². The number of rotatable bonds is 8. The van der Waals surface area contributed by atoms with E-state index in [9.17, 15) is 5.11 Å². The molecule has 3 nitrogen and oxygen atoms in total. The first-order chi connectivity index (χ1) is 17.9. The van der Waals surface area contributed by atoms with Gasteiger partial charge in [0.05, 0.1) is 0 Å². The Morgan fingerprint density at radius 2 is 1.62 bits per heavy atom. The second-order valence-corrected chi connectivity index (χ2v) is 12.2. The summed E-state index contributed by atoms with van der Waals surface area (Å²) in [6.45, 7) is 9.74. The molecule has 0 saturated carbocycles. The van der Waals surface area contributed by atoms with Crippen molar-refractivity contribution < 1.29 is 5.11 Å². The number of anilines is 2. The molecule has 0 spiro atoms. The number of nitrogens with zero attached hydrogens (tertiary/aromatic N) is 2. The van der Waals surface area contributed by atoms with Gasteiger partial charge in [-0.3, -0.25) is 0 Å². The number of unbranched alkanes of at least 4 members (excludes halogenated alkanes) is 3. The Labute approximate surface area is 223 Å². The molecule has 4 aliphatic rings. The van der Waals surface area contributed by atoms with Gasteiger partial charge in [0.1, 0.15) is 0 Å². The number of aliphatic hydroxyl groups excluding tert-OH is 1. The van der Waals surface area contributed by atoms with Gasteiger partial charge in [-0.05, 0) is 66.0 Å². The summed E-state index contributed by atoms with van der Waals surface area (Å²) in [7, 11) is 0. The minimum absolute atomic E-state index is 0.00680. The molecular weight excluding hydrogens is 452 g/mol. The third-order valence-corrected chi connectivity index (χ3v) is 9.49. The molecule has 0 radical (unpaired) electrons. The van der Waals surface area contributed by atoms with Crippen molar-refractivity contribution in [3.8, 4) is 0 Å². The van der Waals surface area contributed by atoms with Crippen molar-refractivity contribution in [2.75, 3.05) is 29.5 Å². The zero-order valence-corrected chi connectivity index (χ0v) is 22.9. The lowest BCUT2D eigenvalue weighted by Gasteiger charge is -2.40. The summed E-state index contributed by atoms with van der Waals surface area (Å²) in [6, 6.07) is 13.9. The molecule has 6 rings (SSSR count). The van der Waals surface area contributed by atoms with Gasteiger partial charge in [0.15, 0.2) is 0 Å². The third kappa shape index (κ3) is 3.98. The summed E-state index contributed by atoms with van der Waals surface area (Å²) in [5, 5.41) is 9.21. The van der Waals surface area contributed by atoms with E-state index in [0.29, 0.717) is 6.61 Å². The third-order valence-electron chi connectivity index (χ3n) is 9.49. The first-order valence-electron chi connectivity index (χ1n) is 14.5. The summed E-state index contributed by atoms with van der Waals surface area (Å²) in [5.74, 6) is 0. The summed E-state index contributed by atoms with van der Waals surface area (Å²) < 4.78 is 0. The molecule has 0 aromatic heterocycles. The Morgan fingerprint density at radius 1 is 0.865 bits per heavy atom. The lowest BCUT2D eigenvalue weighted by Crippen LogP contribution is -2.33. The minimum Gasteiger partial charge on any atom is -0.396 e. The molecule has 0 fully saturated rings. The van der Waals surface area contributed by atoms with Gasteiger partial charge >= 0.3 is 0 Å². The zero-order valence-electron chi connectivity index (χ0n) is 22.9. The van der Waals surface area contributed by atoms with E-state index in [4.69, 9.17) is 0 Å². The van der Waals surface area contributed by atoms with Gasteiger partial charge in [-0.1, -0.05) is 88.6 Å². The highest BCUT2D eigenvalue weighted by atomic mass is 16.2. The van der Waals surface area contributed by atoms with Crippen LogP contribution in [0.25, 0.3) is 0 Å². The fourth-order valence-corrected chi connectivity index (χ4v) is 7.39. The van der Waals surface area contributed by atoms with Gasteiger partial charge < -0.3 is 14.9 Å². The second kappa shape index (κ2) is 9.51. The van der Waals surface area contributed by atoms with Crippen LogP contribution < -0.4 is 9.80 Å². The smallest absolute Gasteiger partial charge is 0.0483 e. The molecule has 2 aromatic carbocycles. The van der Waals surface area contributed by atoms with Gasteiger partial charge in [-0.15, -0.1) is 0 Å². The number of allylic oxidation sites excluding steroid dienone is 5.